The number of nitrogens with zero attached hydrogens (tertiary/aromatic N) is 3. The highest BCUT2D eigenvalue weighted by molar-refractivity contribution is 7.99. The monoisotopic (exact) mass is 419 g/mol. The zero-order valence-corrected chi connectivity index (χ0v) is 17.1. The second kappa shape index (κ2) is 7.67. The Balaban J connectivity index is 1.56. The number of carbonyl (C=O) groups excluding carboxylic acids is 2. The molecule has 28 heavy (non-hydrogen) atoms. The number of fused-ring (bicyclic) bond motifs is 1. The van der Waals surface area contributed by atoms with E-state index in [4.69, 9.17) is 17.3 Å². The van der Waals surface area contributed by atoms with E-state index < -0.39 is 5.91 Å². The maximum Gasteiger partial charge on any atom is 0.318 e. The molecule has 0 unspecified atom stereocenters. The first-order valence-electron chi connectivity index (χ1n) is 9.20. The number of hydrogen-bond acceptors (Lipinski definition) is 4. The summed E-state index contributed by atoms with van der Waals surface area (Å²) >= 11 is 7.93. The molecule has 0 saturated heterocycles. The second-order valence-electron chi connectivity index (χ2n) is 7.17. The molecule has 2 heterocycles. The van der Waals surface area contributed by atoms with Crippen LogP contribution < -0.4 is 11.1 Å². The molecule has 2 aliphatic rings. The first-order valence-corrected chi connectivity index (χ1v) is 10.9. The summed E-state index contributed by atoms with van der Waals surface area (Å²) in [5.74, 6) is -0.555. The van der Waals surface area contributed by atoms with Crippen LogP contribution in [0.2, 0.25) is 5.02 Å². The van der Waals surface area contributed by atoms with Crippen LogP contribution in [-0.2, 0) is 13.1 Å². The van der Waals surface area contributed by atoms with Gasteiger partial charge in [-0.05, 0) is 31.2 Å². The molecule has 3 amide bonds. The van der Waals surface area contributed by atoms with Gasteiger partial charge >= 0.3 is 6.03 Å². The Hall–Kier alpha value is -2.19. The minimum atomic E-state index is -0.555. The van der Waals surface area contributed by atoms with Crippen LogP contribution in [0.5, 0.6) is 0 Å². The molecular weight excluding hydrogens is 398 g/mol. The standard InChI is InChI=1S/C19H22ClN5O2S/c1-28-14-8-13(9-14)22-19(27)24-5-6-25-15(10-24)16(18(21)26)17(23-25)11-3-2-4-12(20)7-11/h2-4,7,13-14H,5-6,8-10H2,1H3,(H2,21,26)(H,22,27)/t13-,14+. The Bertz CT molecular complexity index is 925. The van der Waals surface area contributed by atoms with Crippen molar-refractivity contribution in [3.05, 3.63) is 40.5 Å². The van der Waals surface area contributed by atoms with Gasteiger partial charge in [0.1, 0.15) is 5.69 Å². The van der Waals surface area contributed by atoms with Crippen molar-refractivity contribution in [3.8, 4) is 11.3 Å². The summed E-state index contributed by atoms with van der Waals surface area (Å²) in [4.78, 5) is 26.6. The van der Waals surface area contributed by atoms with Crippen molar-refractivity contribution >= 4 is 35.3 Å². The predicted molar refractivity (Wildman–Crippen MR) is 110 cm³/mol. The van der Waals surface area contributed by atoms with E-state index in [1.165, 1.54) is 0 Å². The number of benzene rings is 1. The SMILES string of the molecule is CS[C@H]1C[C@@H](NC(=O)N2CCn3nc(-c4cccc(Cl)c4)c(C(N)=O)c3C2)C1. The molecular formula is C19H22ClN5O2S. The number of urea groups is 1. The molecule has 9 heteroatoms. The Kier molecular flexibility index (Phi) is 5.25. The van der Waals surface area contributed by atoms with Crippen LogP contribution in [0, 0.1) is 0 Å². The highest BCUT2D eigenvalue weighted by Crippen LogP contribution is 2.31. The number of nitrogens with one attached hydrogen (secondary N) is 1. The van der Waals surface area contributed by atoms with Crippen LogP contribution in [0.25, 0.3) is 11.3 Å². The highest BCUT2D eigenvalue weighted by Gasteiger charge is 2.33. The van der Waals surface area contributed by atoms with Gasteiger partial charge in [-0.15, -0.1) is 0 Å². The van der Waals surface area contributed by atoms with Gasteiger partial charge in [-0.2, -0.15) is 16.9 Å². The topological polar surface area (TPSA) is 93.2 Å². The zero-order chi connectivity index (χ0) is 19.8. The third-order valence-electron chi connectivity index (χ3n) is 5.37. The van der Waals surface area contributed by atoms with Crippen molar-refractivity contribution in [2.24, 2.45) is 5.73 Å². The summed E-state index contributed by atoms with van der Waals surface area (Å²) in [6.45, 7) is 1.35. The minimum absolute atomic E-state index is 0.100. The molecule has 1 saturated carbocycles. The van der Waals surface area contributed by atoms with Gasteiger partial charge in [0.2, 0.25) is 0 Å². The Labute approximate surface area is 172 Å². The first-order chi connectivity index (χ1) is 13.5. The lowest BCUT2D eigenvalue weighted by Gasteiger charge is -2.37. The van der Waals surface area contributed by atoms with E-state index in [1.54, 1.807) is 27.8 Å². The maximum absolute atomic E-state index is 12.7. The van der Waals surface area contributed by atoms with Crippen LogP contribution in [0.15, 0.2) is 24.3 Å². The van der Waals surface area contributed by atoms with Crippen LogP contribution in [0.3, 0.4) is 0 Å². The predicted octanol–water partition coefficient (Wildman–Crippen LogP) is 2.72. The molecule has 2 aromatic rings. The molecule has 1 aromatic heterocycles. The molecule has 1 aliphatic carbocycles. The molecule has 0 spiro atoms. The van der Waals surface area contributed by atoms with Crippen molar-refractivity contribution in [2.75, 3.05) is 12.8 Å². The van der Waals surface area contributed by atoms with Gasteiger partial charge in [-0.25, -0.2) is 4.79 Å². The lowest BCUT2D eigenvalue weighted by Crippen LogP contribution is -2.52. The fraction of sp³-hybridized carbons (Fsp3) is 0.421. The normalized spacial score (nSPS) is 21.0. The van der Waals surface area contributed by atoms with Gasteiger partial charge in [0, 0.05) is 28.4 Å². The summed E-state index contributed by atoms with van der Waals surface area (Å²) in [6.07, 6.45) is 4.10. The number of carbonyl (C=O) groups is 2. The van der Waals surface area contributed by atoms with Crippen molar-refractivity contribution in [1.82, 2.24) is 20.0 Å². The van der Waals surface area contributed by atoms with Gasteiger partial charge in [-0.1, -0.05) is 23.7 Å². The number of amides is 3. The second-order valence-corrected chi connectivity index (χ2v) is 8.74. The highest BCUT2D eigenvalue weighted by atomic mass is 35.5. The van der Waals surface area contributed by atoms with Crippen LogP contribution >= 0.6 is 23.4 Å². The number of rotatable bonds is 4. The lowest BCUT2D eigenvalue weighted by molar-refractivity contribution is 0.0997. The smallest absolute Gasteiger partial charge is 0.318 e. The van der Waals surface area contributed by atoms with Crippen LogP contribution in [-0.4, -0.2) is 50.7 Å². The molecule has 1 aliphatic heterocycles. The van der Waals surface area contributed by atoms with Gasteiger partial charge in [0.15, 0.2) is 0 Å². The fourth-order valence-corrected chi connectivity index (χ4v) is 4.77. The number of primary amides is 1. The summed E-state index contributed by atoms with van der Waals surface area (Å²) in [6, 6.07) is 7.30. The van der Waals surface area contributed by atoms with Gasteiger partial charge in [-0.3, -0.25) is 9.48 Å². The molecule has 1 aromatic carbocycles. The molecule has 0 atom stereocenters. The van der Waals surface area contributed by atoms with Crippen molar-refractivity contribution < 1.29 is 9.59 Å². The summed E-state index contributed by atoms with van der Waals surface area (Å²) in [5, 5.41) is 8.86. The molecule has 1 fully saturated rings. The number of aromatic nitrogens is 2. The Morgan fingerprint density at radius 2 is 2.11 bits per heavy atom. The molecule has 3 N–H and O–H groups in total. The van der Waals surface area contributed by atoms with E-state index in [9.17, 15) is 9.59 Å². The van der Waals surface area contributed by atoms with Gasteiger partial charge < -0.3 is 16.0 Å². The fourth-order valence-electron chi connectivity index (χ4n) is 3.73. The number of thioether (sulfide) groups is 1. The first kappa shape index (κ1) is 19.1. The van der Waals surface area contributed by atoms with E-state index in [0.29, 0.717) is 46.9 Å². The Morgan fingerprint density at radius 3 is 2.79 bits per heavy atom. The average Bonchev–Trinajstić information content (AvgIpc) is 3.03. The minimum Gasteiger partial charge on any atom is -0.365 e. The molecule has 4 rings (SSSR count). The number of halogens is 1. The third kappa shape index (κ3) is 3.58. The summed E-state index contributed by atoms with van der Waals surface area (Å²) < 4.78 is 1.77. The van der Waals surface area contributed by atoms with E-state index >= 15 is 0 Å². The molecule has 0 bridgehead atoms. The number of nitrogens with two attached hydrogens (primary N) is 1. The van der Waals surface area contributed by atoms with Gasteiger partial charge in [0.25, 0.3) is 5.91 Å². The van der Waals surface area contributed by atoms with Crippen molar-refractivity contribution in [3.63, 3.8) is 0 Å². The molecule has 7 nitrogen and oxygen atoms in total. The average molecular weight is 420 g/mol. The summed E-state index contributed by atoms with van der Waals surface area (Å²) in [5.41, 5.74) is 7.94. The maximum atomic E-state index is 12.7. The molecule has 0 radical (unpaired) electrons. The zero-order valence-electron chi connectivity index (χ0n) is 15.5. The largest absolute Gasteiger partial charge is 0.365 e. The van der Waals surface area contributed by atoms with E-state index in [-0.39, 0.29) is 12.1 Å². The lowest BCUT2D eigenvalue weighted by atomic mass is 9.92. The van der Waals surface area contributed by atoms with Crippen molar-refractivity contribution in [1.29, 1.82) is 0 Å². The number of hydrogen-bond donors (Lipinski definition) is 2. The van der Waals surface area contributed by atoms with E-state index in [1.807, 2.05) is 17.8 Å². The third-order valence-corrected chi connectivity index (χ3v) is 6.65. The van der Waals surface area contributed by atoms with Crippen LogP contribution in [0.1, 0.15) is 28.9 Å². The molecule has 148 valence electrons. The summed E-state index contributed by atoms with van der Waals surface area (Å²) in [7, 11) is 0. The Morgan fingerprint density at radius 1 is 1.32 bits per heavy atom. The van der Waals surface area contributed by atoms with Crippen molar-refractivity contribution in [2.45, 2.75) is 37.2 Å². The van der Waals surface area contributed by atoms with E-state index in [0.717, 1.165) is 18.4 Å². The van der Waals surface area contributed by atoms with Gasteiger partial charge in [0.05, 0.1) is 24.3 Å². The quantitative estimate of drug-likeness (QED) is 0.796. The van der Waals surface area contributed by atoms with Crippen LogP contribution in [0.4, 0.5) is 4.79 Å². The van der Waals surface area contributed by atoms with E-state index in [2.05, 4.69) is 16.7 Å².